The van der Waals surface area contributed by atoms with E-state index in [0.29, 0.717) is 6.04 Å². The van der Waals surface area contributed by atoms with E-state index in [1.165, 1.54) is 11.1 Å². The van der Waals surface area contributed by atoms with Crippen LogP contribution in [0.1, 0.15) is 64.5 Å². The molecule has 4 bridgehead atoms. The Kier molecular flexibility index (Phi) is 3.79. The minimum Gasteiger partial charge on any atom is -0.493 e. The quantitative estimate of drug-likeness (QED) is 0.772. The summed E-state index contributed by atoms with van der Waals surface area (Å²) in [5, 5.41) is 15.9. The Bertz CT molecular complexity index is 951. The fourth-order valence-electron chi connectivity index (χ4n) is 8.68. The van der Waals surface area contributed by atoms with Crippen molar-refractivity contribution in [3.8, 4) is 11.5 Å². The molecule has 4 fully saturated rings. The van der Waals surface area contributed by atoms with Gasteiger partial charge >= 0.3 is 0 Å². The average molecular weight is 428 g/mol. The Morgan fingerprint density at radius 1 is 1.13 bits per heavy atom. The van der Waals surface area contributed by atoms with E-state index in [1.54, 1.807) is 7.11 Å². The van der Waals surface area contributed by atoms with Crippen LogP contribution in [0.5, 0.6) is 11.5 Å². The molecule has 4 aliphatic carbocycles. The highest BCUT2D eigenvalue weighted by Gasteiger charge is 2.81. The Balaban J connectivity index is 1.64. The summed E-state index contributed by atoms with van der Waals surface area (Å²) in [5.74, 6) is 1.77. The van der Waals surface area contributed by atoms with Gasteiger partial charge in [-0.3, -0.25) is 0 Å². The summed E-state index contributed by atoms with van der Waals surface area (Å²) < 4.78 is 19.3. The van der Waals surface area contributed by atoms with Gasteiger partial charge in [0.2, 0.25) is 0 Å². The van der Waals surface area contributed by atoms with E-state index in [0.717, 1.165) is 50.1 Å². The van der Waals surface area contributed by atoms with Crippen molar-refractivity contribution in [3.05, 3.63) is 23.3 Å². The third kappa shape index (κ3) is 1.98. The molecule has 170 valence electrons. The maximum atomic E-state index is 12.0. The minimum absolute atomic E-state index is 0.00105. The van der Waals surface area contributed by atoms with Gasteiger partial charge in [-0.1, -0.05) is 26.8 Å². The molecule has 2 spiro atoms. The molecule has 0 radical (unpaired) electrons. The van der Waals surface area contributed by atoms with Crippen molar-refractivity contribution in [1.82, 2.24) is 5.32 Å². The van der Waals surface area contributed by atoms with Gasteiger partial charge in [-0.05, 0) is 62.6 Å². The number of rotatable bonds is 3. The predicted molar refractivity (Wildman–Crippen MR) is 119 cm³/mol. The molecule has 0 aromatic heterocycles. The van der Waals surface area contributed by atoms with E-state index in [9.17, 15) is 5.11 Å². The normalized spacial score (nSPS) is 43.8. The molecule has 1 aromatic carbocycles. The van der Waals surface area contributed by atoms with E-state index in [4.69, 9.17) is 14.2 Å². The zero-order valence-electron chi connectivity index (χ0n) is 19.8. The van der Waals surface area contributed by atoms with Gasteiger partial charge in [0, 0.05) is 35.5 Å². The van der Waals surface area contributed by atoms with Crippen LogP contribution < -0.4 is 14.8 Å². The van der Waals surface area contributed by atoms with Gasteiger partial charge in [0.15, 0.2) is 11.5 Å². The molecular weight excluding hydrogens is 390 g/mol. The van der Waals surface area contributed by atoms with Gasteiger partial charge in [0.05, 0.1) is 12.7 Å². The van der Waals surface area contributed by atoms with Crippen molar-refractivity contribution in [2.45, 2.75) is 88.6 Å². The number of ether oxygens (including phenoxy) is 3. The number of hydrogen-bond acceptors (Lipinski definition) is 5. The Morgan fingerprint density at radius 2 is 1.90 bits per heavy atom. The van der Waals surface area contributed by atoms with Crippen molar-refractivity contribution in [2.24, 2.45) is 16.7 Å². The second-order valence-corrected chi connectivity index (χ2v) is 12.0. The average Bonchev–Trinajstić information content (AvgIpc) is 3.09. The van der Waals surface area contributed by atoms with E-state index < -0.39 is 11.2 Å². The van der Waals surface area contributed by atoms with E-state index in [1.807, 2.05) is 14.0 Å². The second-order valence-electron chi connectivity index (χ2n) is 12.0. The van der Waals surface area contributed by atoms with Gasteiger partial charge in [0.25, 0.3) is 0 Å². The molecular formula is C26H37NO4. The summed E-state index contributed by atoms with van der Waals surface area (Å²) in [6.07, 6.45) is 4.99. The second kappa shape index (κ2) is 5.78. The summed E-state index contributed by atoms with van der Waals surface area (Å²) in [6, 6.07) is 4.73. The number of methoxy groups -OCH3 is 2. The Hall–Kier alpha value is -1.30. The highest BCUT2D eigenvalue weighted by atomic mass is 16.6. The van der Waals surface area contributed by atoms with E-state index >= 15 is 0 Å². The summed E-state index contributed by atoms with van der Waals surface area (Å²) >= 11 is 0. The van der Waals surface area contributed by atoms with Gasteiger partial charge < -0.3 is 24.6 Å². The smallest absolute Gasteiger partial charge is 0.165 e. The molecule has 1 aromatic rings. The van der Waals surface area contributed by atoms with Crippen LogP contribution in [0.2, 0.25) is 0 Å². The number of nitrogens with one attached hydrogen (secondary N) is 1. The van der Waals surface area contributed by atoms with E-state index in [-0.39, 0.29) is 28.3 Å². The maximum Gasteiger partial charge on any atom is 0.165 e. The van der Waals surface area contributed by atoms with Crippen LogP contribution in [0.25, 0.3) is 0 Å². The van der Waals surface area contributed by atoms with Gasteiger partial charge in [-0.2, -0.15) is 0 Å². The van der Waals surface area contributed by atoms with Crippen LogP contribution in [0.4, 0.5) is 0 Å². The SMILES string of the molecule is COc1ccc2c3c1O[C@@H]1[C@]4(OC)CCC5(C[C@@H]4[C@@](C)(O)C(C)(C)C)[C@@H](C2)NCC[C@]315. The van der Waals surface area contributed by atoms with Crippen molar-refractivity contribution < 1.29 is 19.3 Å². The predicted octanol–water partition coefficient (Wildman–Crippen LogP) is 3.59. The largest absolute Gasteiger partial charge is 0.493 e. The monoisotopic (exact) mass is 427 g/mol. The molecule has 2 N–H and O–H groups in total. The number of benzene rings is 1. The molecule has 7 atom stereocenters. The van der Waals surface area contributed by atoms with Crippen LogP contribution in [0.15, 0.2) is 12.1 Å². The lowest BCUT2D eigenvalue weighted by atomic mass is 9.33. The molecule has 1 saturated heterocycles. The number of piperidine rings is 1. The molecule has 5 heteroatoms. The highest BCUT2D eigenvalue weighted by Crippen LogP contribution is 2.77. The van der Waals surface area contributed by atoms with Crippen LogP contribution in [0, 0.1) is 16.7 Å². The molecule has 0 amide bonds. The van der Waals surface area contributed by atoms with Crippen LogP contribution in [0.3, 0.4) is 0 Å². The van der Waals surface area contributed by atoms with Crippen molar-refractivity contribution in [3.63, 3.8) is 0 Å². The standard InChI is InChI=1S/C26H37NO4/c1-22(2,3)23(4,28)17-14-24-9-10-26(17,30-6)21-25(24)11-12-27-18(24)13-15-7-8-16(29-5)20(31-21)19(15)25/h7-8,17-18,21,27-28H,9-14H2,1-6H3/t17-,18-,21+,23-,24?,25+,26+/m1/s1. The lowest BCUT2D eigenvalue weighted by Crippen LogP contribution is -2.83. The summed E-state index contributed by atoms with van der Waals surface area (Å²) in [5.41, 5.74) is 1.13. The topological polar surface area (TPSA) is 60.0 Å². The third-order valence-corrected chi connectivity index (χ3v) is 10.6. The lowest BCUT2D eigenvalue weighted by Gasteiger charge is -2.74. The Morgan fingerprint density at radius 3 is 2.58 bits per heavy atom. The van der Waals surface area contributed by atoms with Gasteiger partial charge in [-0.15, -0.1) is 0 Å². The molecule has 6 aliphatic rings. The van der Waals surface area contributed by atoms with Crippen molar-refractivity contribution in [2.75, 3.05) is 20.8 Å². The number of hydrogen-bond donors (Lipinski definition) is 2. The van der Waals surface area contributed by atoms with Gasteiger partial charge in [-0.25, -0.2) is 0 Å². The first-order valence-electron chi connectivity index (χ1n) is 12.0. The van der Waals surface area contributed by atoms with Crippen molar-refractivity contribution >= 4 is 0 Å². The molecule has 3 saturated carbocycles. The van der Waals surface area contributed by atoms with Gasteiger partial charge in [0.1, 0.15) is 11.7 Å². The maximum absolute atomic E-state index is 12.0. The van der Waals surface area contributed by atoms with Crippen LogP contribution in [-0.2, 0) is 16.6 Å². The zero-order valence-corrected chi connectivity index (χ0v) is 19.8. The Labute approximate surface area is 185 Å². The van der Waals surface area contributed by atoms with Crippen molar-refractivity contribution in [1.29, 1.82) is 0 Å². The van der Waals surface area contributed by atoms with E-state index in [2.05, 4.69) is 38.2 Å². The fourth-order valence-corrected chi connectivity index (χ4v) is 8.68. The first kappa shape index (κ1) is 20.3. The molecule has 2 aliphatic heterocycles. The molecule has 2 heterocycles. The fraction of sp³-hybridized carbons (Fsp3) is 0.769. The first-order valence-corrected chi connectivity index (χ1v) is 12.0. The summed E-state index contributed by atoms with van der Waals surface area (Å²) in [4.78, 5) is 0. The third-order valence-electron chi connectivity index (χ3n) is 10.6. The number of aliphatic hydroxyl groups is 1. The zero-order chi connectivity index (χ0) is 22.0. The highest BCUT2D eigenvalue weighted by molar-refractivity contribution is 5.63. The molecule has 31 heavy (non-hydrogen) atoms. The first-order chi connectivity index (χ1) is 14.6. The molecule has 1 unspecified atom stereocenters. The summed E-state index contributed by atoms with van der Waals surface area (Å²) in [7, 11) is 3.57. The minimum atomic E-state index is -0.880. The lowest BCUT2D eigenvalue weighted by molar-refractivity contribution is -0.303. The van der Waals surface area contributed by atoms with Crippen LogP contribution >= 0.6 is 0 Å². The number of fused-ring (bicyclic) bond motifs is 2. The molecule has 7 rings (SSSR count). The molecule has 5 nitrogen and oxygen atoms in total. The van der Waals surface area contributed by atoms with Crippen LogP contribution in [-0.4, -0.2) is 49.2 Å². The summed E-state index contributed by atoms with van der Waals surface area (Å²) in [6.45, 7) is 9.48.